The summed E-state index contributed by atoms with van der Waals surface area (Å²) >= 11 is 0. The molecule has 1 atom stereocenters. The fourth-order valence-corrected chi connectivity index (χ4v) is 3.22. The Morgan fingerprint density at radius 2 is 1.85 bits per heavy atom. The number of hydrogen-bond acceptors (Lipinski definition) is 3. The number of hydrogen-bond donors (Lipinski definition) is 0. The zero-order valence-corrected chi connectivity index (χ0v) is 12.2. The van der Waals surface area contributed by atoms with Crippen LogP contribution in [0.3, 0.4) is 0 Å². The van der Waals surface area contributed by atoms with Gasteiger partial charge in [0.05, 0.1) is 16.6 Å². The van der Waals surface area contributed by atoms with Crippen LogP contribution in [0.15, 0.2) is 47.4 Å². The van der Waals surface area contributed by atoms with Crippen LogP contribution in [0, 0.1) is 6.92 Å². The van der Waals surface area contributed by atoms with E-state index in [9.17, 15) is 4.21 Å². The first-order valence-corrected chi connectivity index (χ1v) is 7.69. The van der Waals surface area contributed by atoms with Gasteiger partial charge in [0.15, 0.2) is 0 Å². The summed E-state index contributed by atoms with van der Waals surface area (Å²) < 4.78 is 14.3. The number of aryl methyl sites for hydroxylation is 1. The molecule has 0 saturated heterocycles. The molecule has 4 nitrogen and oxygen atoms in total. The fraction of sp³-hybridized carbons (Fsp3) is 0.200. The molecule has 0 aliphatic heterocycles. The highest BCUT2D eigenvalue weighted by Crippen LogP contribution is 2.19. The van der Waals surface area contributed by atoms with Crippen molar-refractivity contribution in [2.24, 2.45) is 7.05 Å². The van der Waals surface area contributed by atoms with Gasteiger partial charge in [-0.15, -0.1) is 10.2 Å². The molecule has 2 aromatic carbocycles. The maximum atomic E-state index is 12.4. The van der Waals surface area contributed by atoms with Crippen LogP contribution in [-0.2, 0) is 23.6 Å². The molecule has 1 aromatic heterocycles. The predicted molar refractivity (Wildman–Crippen MR) is 79.8 cm³/mol. The van der Waals surface area contributed by atoms with Crippen LogP contribution in [0.4, 0.5) is 0 Å². The van der Waals surface area contributed by atoms with E-state index in [1.54, 1.807) is 0 Å². The van der Waals surface area contributed by atoms with Crippen molar-refractivity contribution in [1.82, 2.24) is 14.8 Å². The molecule has 102 valence electrons. The van der Waals surface area contributed by atoms with Crippen molar-refractivity contribution >= 4 is 21.6 Å². The minimum Gasteiger partial charge on any atom is -0.318 e. The van der Waals surface area contributed by atoms with Crippen molar-refractivity contribution in [3.05, 3.63) is 54.1 Å². The van der Waals surface area contributed by atoms with E-state index in [1.165, 1.54) is 0 Å². The highest BCUT2D eigenvalue weighted by molar-refractivity contribution is 7.84. The number of rotatable bonds is 3. The van der Waals surface area contributed by atoms with Crippen molar-refractivity contribution < 1.29 is 4.21 Å². The second-order valence-corrected chi connectivity index (χ2v) is 6.17. The van der Waals surface area contributed by atoms with Crippen LogP contribution >= 0.6 is 0 Å². The topological polar surface area (TPSA) is 47.8 Å². The van der Waals surface area contributed by atoms with Gasteiger partial charge in [0.2, 0.25) is 0 Å². The maximum absolute atomic E-state index is 12.4. The predicted octanol–water partition coefficient (Wildman–Crippen LogP) is 2.58. The van der Waals surface area contributed by atoms with Crippen molar-refractivity contribution in [2.75, 3.05) is 0 Å². The Hall–Kier alpha value is -2.01. The lowest BCUT2D eigenvalue weighted by molar-refractivity contribution is 0.679. The van der Waals surface area contributed by atoms with Gasteiger partial charge in [-0.1, -0.05) is 30.3 Å². The first-order chi connectivity index (χ1) is 9.65. The smallest absolute Gasteiger partial charge is 0.145 e. The molecule has 20 heavy (non-hydrogen) atoms. The van der Waals surface area contributed by atoms with Crippen LogP contribution in [0.1, 0.15) is 11.6 Å². The lowest BCUT2D eigenvalue weighted by Gasteiger charge is -2.04. The Morgan fingerprint density at radius 3 is 2.55 bits per heavy atom. The molecule has 0 unspecified atom stereocenters. The third-order valence-electron chi connectivity index (χ3n) is 3.43. The van der Waals surface area contributed by atoms with Gasteiger partial charge in [-0.3, -0.25) is 4.21 Å². The molecule has 3 rings (SSSR count). The quantitative estimate of drug-likeness (QED) is 0.743. The summed E-state index contributed by atoms with van der Waals surface area (Å²) in [6, 6.07) is 14.0. The minimum atomic E-state index is -1.11. The zero-order chi connectivity index (χ0) is 14.1. The van der Waals surface area contributed by atoms with E-state index in [0.717, 1.165) is 27.3 Å². The highest BCUT2D eigenvalue weighted by Gasteiger charge is 2.11. The standard InChI is InChI=1S/C15H15N3OS/c1-11-16-17-15(18(11)2)10-20(19)14-8-7-12-5-3-4-6-13(12)9-14/h3-9H,10H2,1-2H3/t20-/m1/s1. The van der Waals surface area contributed by atoms with E-state index in [-0.39, 0.29) is 0 Å². The Kier molecular flexibility index (Phi) is 3.36. The first-order valence-electron chi connectivity index (χ1n) is 6.37. The third-order valence-corrected chi connectivity index (χ3v) is 4.73. The van der Waals surface area contributed by atoms with Gasteiger partial charge in [-0.2, -0.15) is 0 Å². The summed E-state index contributed by atoms with van der Waals surface area (Å²) in [5.74, 6) is 1.96. The molecule has 3 aromatic rings. The van der Waals surface area contributed by atoms with Gasteiger partial charge < -0.3 is 4.57 Å². The normalized spacial score (nSPS) is 12.7. The van der Waals surface area contributed by atoms with Crippen LogP contribution in [0.25, 0.3) is 10.8 Å². The molecule has 1 heterocycles. The molecule has 0 aliphatic carbocycles. The fourth-order valence-electron chi connectivity index (χ4n) is 2.09. The number of nitrogens with zero attached hydrogens (tertiary/aromatic N) is 3. The Morgan fingerprint density at radius 1 is 1.10 bits per heavy atom. The minimum absolute atomic E-state index is 0.385. The summed E-state index contributed by atoms with van der Waals surface area (Å²) in [7, 11) is 0.780. The second kappa shape index (κ2) is 5.17. The molecular formula is C15H15N3OS. The van der Waals surface area contributed by atoms with Crippen molar-refractivity contribution in [1.29, 1.82) is 0 Å². The van der Waals surface area contributed by atoms with Crippen molar-refractivity contribution in [3.63, 3.8) is 0 Å². The van der Waals surface area contributed by atoms with Gasteiger partial charge >= 0.3 is 0 Å². The molecule has 0 aliphatic rings. The number of fused-ring (bicyclic) bond motifs is 1. The molecule has 0 saturated carbocycles. The average molecular weight is 285 g/mol. The summed E-state index contributed by atoms with van der Waals surface area (Å²) in [5, 5.41) is 10.3. The summed E-state index contributed by atoms with van der Waals surface area (Å²) in [6.45, 7) is 1.88. The van der Waals surface area contributed by atoms with Crippen LogP contribution in [0.2, 0.25) is 0 Å². The van der Waals surface area contributed by atoms with E-state index in [2.05, 4.69) is 10.2 Å². The van der Waals surface area contributed by atoms with Crippen LogP contribution < -0.4 is 0 Å². The van der Waals surface area contributed by atoms with Gasteiger partial charge in [0.25, 0.3) is 0 Å². The Bertz CT molecular complexity index is 795. The van der Waals surface area contributed by atoms with E-state index in [0.29, 0.717) is 5.75 Å². The van der Waals surface area contributed by atoms with E-state index >= 15 is 0 Å². The third kappa shape index (κ3) is 2.36. The van der Waals surface area contributed by atoms with Gasteiger partial charge in [-0.25, -0.2) is 0 Å². The SMILES string of the molecule is Cc1nnc(C[S@@](=O)c2ccc3ccccc3c2)n1C. The van der Waals surface area contributed by atoms with Crippen molar-refractivity contribution in [3.8, 4) is 0 Å². The summed E-state index contributed by atoms with van der Waals surface area (Å²) in [6.07, 6.45) is 0. The molecule has 0 bridgehead atoms. The van der Waals surface area contributed by atoms with E-state index in [4.69, 9.17) is 0 Å². The van der Waals surface area contributed by atoms with Crippen molar-refractivity contribution in [2.45, 2.75) is 17.6 Å². The number of benzene rings is 2. The zero-order valence-electron chi connectivity index (χ0n) is 11.4. The molecule has 0 spiro atoms. The first kappa shape index (κ1) is 13.0. The van der Waals surface area contributed by atoms with E-state index in [1.807, 2.05) is 61.0 Å². The lowest BCUT2D eigenvalue weighted by Crippen LogP contribution is -2.04. The Balaban J connectivity index is 1.90. The summed E-state index contributed by atoms with van der Waals surface area (Å²) in [5.41, 5.74) is 0. The monoisotopic (exact) mass is 285 g/mol. The Labute approximate surface area is 119 Å². The molecule has 0 amide bonds. The van der Waals surface area contributed by atoms with Gasteiger partial charge in [0.1, 0.15) is 11.6 Å². The summed E-state index contributed by atoms with van der Waals surface area (Å²) in [4.78, 5) is 0.823. The molecule has 0 N–H and O–H groups in total. The molecule has 0 fully saturated rings. The van der Waals surface area contributed by atoms with Gasteiger partial charge in [-0.05, 0) is 29.8 Å². The molecule has 0 radical (unpaired) electrons. The maximum Gasteiger partial charge on any atom is 0.145 e. The highest BCUT2D eigenvalue weighted by atomic mass is 32.2. The second-order valence-electron chi connectivity index (χ2n) is 4.72. The lowest BCUT2D eigenvalue weighted by atomic mass is 10.1. The van der Waals surface area contributed by atoms with Crippen LogP contribution in [-0.4, -0.2) is 19.0 Å². The largest absolute Gasteiger partial charge is 0.318 e. The van der Waals surface area contributed by atoms with Crippen LogP contribution in [0.5, 0.6) is 0 Å². The van der Waals surface area contributed by atoms with Gasteiger partial charge in [0, 0.05) is 11.9 Å². The molecule has 5 heteroatoms. The molecular weight excluding hydrogens is 270 g/mol. The average Bonchev–Trinajstić information content (AvgIpc) is 2.78. The number of aromatic nitrogens is 3. The van der Waals surface area contributed by atoms with E-state index < -0.39 is 10.8 Å².